The lowest BCUT2D eigenvalue weighted by atomic mass is 10.1. The molecular formula is C21H36O17. The standard InChI is InChI=1S/C21H36O17/c1-31-18-15(30)16(37-19-13(28)10(25)6(2-22)33-19)9(36-18)5-32-21-17(12(27)8(4-24)35-21)38-20-14(29)11(26)7(3-23)34-20/h6-30H,2-5H2,1H3/t6-,7-,8-,9-,10-,11-,12-,13+,14+,15+,16-,17+,18+,19-,20+,21+/m1/s1. The number of hydrogen-bond donors (Lipinski definition) is 9. The van der Waals surface area contributed by atoms with Crippen molar-refractivity contribution in [3.63, 3.8) is 0 Å². The summed E-state index contributed by atoms with van der Waals surface area (Å²) in [6.45, 7) is -2.17. The second-order valence-corrected chi connectivity index (χ2v) is 9.43. The minimum Gasteiger partial charge on any atom is -0.394 e. The summed E-state index contributed by atoms with van der Waals surface area (Å²) in [6, 6.07) is 0. The summed E-state index contributed by atoms with van der Waals surface area (Å²) in [5, 5.41) is 89.6. The van der Waals surface area contributed by atoms with Crippen LogP contribution in [0.2, 0.25) is 0 Å². The zero-order chi connectivity index (χ0) is 27.7. The van der Waals surface area contributed by atoms with Gasteiger partial charge in [-0.25, -0.2) is 0 Å². The Morgan fingerprint density at radius 2 is 0.947 bits per heavy atom. The van der Waals surface area contributed by atoms with E-state index in [-0.39, 0.29) is 6.61 Å². The van der Waals surface area contributed by atoms with E-state index in [1.54, 1.807) is 0 Å². The Hall–Kier alpha value is -0.680. The molecule has 38 heavy (non-hydrogen) atoms. The maximum absolute atomic E-state index is 10.6. The first kappa shape index (κ1) is 30.3. The molecule has 4 aliphatic heterocycles. The second-order valence-electron chi connectivity index (χ2n) is 9.43. The lowest BCUT2D eigenvalue weighted by molar-refractivity contribution is -0.257. The summed E-state index contributed by atoms with van der Waals surface area (Å²) in [5.74, 6) is 0. The first-order chi connectivity index (χ1) is 18.1. The molecule has 4 saturated heterocycles. The molecule has 0 radical (unpaired) electrons. The Balaban J connectivity index is 1.42. The van der Waals surface area contributed by atoms with Crippen LogP contribution in [0.15, 0.2) is 0 Å². The number of aliphatic hydroxyl groups excluding tert-OH is 9. The molecule has 0 aromatic carbocycles. The molecule has 17 heteroatoms. The van der Waals surface area contributed by atoms with Gasteiger partial charge in [-0.3, -0.25) is 0 Å². The van der Waals surface area contributed by atoms with Crippen LogP contribution in [0.5, 0.6) is 0 Å². The molecule has 4 aliphatic rings. The van der Waals surface area contributed by atoms with Crippen LogP contribution in [0, 0.1) is 0 Å². The van der Waals surface area contributed by atoms with Gasteiger partial charge in [-0.15, -0.1) is 0 Å². The second kappa shape index (κ2) is 12.9. The summed E-state index contributed by atoms with van der Waals surface area (Å²) in [6.07, 6.45) is -21.2. The summed E-state index contributed by atoms with van der Waals surface area (Å²) in [5.41, 5.74) is 0. The molecule has 4 fully saturated rings. The first-order valence-electron chi connectivity index (χ1n) is 12.1. The summed E-state index contributed by atoms with van der Waals surface area (Å²) in [4.78, 5) is 0. The summed E-state index contributed by atoms with van der Waals surface area (Å²) >= 11 is 0. The highest BCUT2D eigenvalue weighted by molar-refractivity contribution is 4.94. The van der Waals surface area contributed by atoms with Gasteiger partial charge < -0.3 is 83.9 Å². The maximum atomic E-state index is 10.6. The van der Waals surface area contributed by atoms with Gasteiger partial charge in [0.1, 0.15) is 73.2 Å². The minimum atomic E-state index is -1.56. The van der Waals surface area contributed by atoms with Crippen LogP contribution in [0.1, 0.15) is 0 Å². The topological polar surface area (TPSA) is 256 Å². The Labute approximate surface area is 216 Å². The van der Waals surface area contributed by atoms with Gasteiger partial charge in [0.25, 0.3) is 0 Å². The highest BCUT2D eigenvalue weighted by atomic mass is 16.8. The SMILES string of the molecule is CO[C@H]1O[C@H](CO[C@H]2O[C@H](CO)[C@@H](O)[C@@H]2O[C@@H]2O[C@H](CO)[C@@H](O)[C@@H]2O)[C@@H](O[C@H]2O[C@H](CO)[C@@H](O)[C@@H]2O)[C@@H]1O. The molecule has 9 N–H and O–H groups in total. The molecule has 17 nitrogen and oxygen atoms in total. The normalized spacial score (nSPS) is 51.3. The molecule has 4 rings (SSSR count). The van der Waals surface area contributed by atoms with Crippen molar-refractivity contribution < 1.29 is 83.9 Å². The van der Waals surface area contributed by atoms with E-state index in [9.17, 15) is 46.0 Å². The third-order valence-electron chi connectivity index (χ3n) is 7.00. The average Bonchev–Trinajstić information content (AvgIpc) is 3.58. The van der Waals surface area contributed by atoms with Crippen LogP contribution in [0.25, 0.3) is 0 Å². The van der Waals surface area contributed by atoms with Gasteiger partial charge in [0, 0.05) is 7.11 Å². The Bertz CT molecular complexity index is 687. The van der Waals surface area contributed by atoms with Crippen molar-refractivity contribution in [3.05, 3.63) is 0 Å². The van der Waals surface area contributed by atoms with Crippen LogP contribution in [0.4, 0.5) is 0 Å². The Morgan fingerprint density at radius 1 is 0.500 bits per heavy atom. The molecular weight excluding hydrogens is 524 g/mol. The van der Waals surface area contributed by atoms with Crippen molar-refractivity contribution in [1.29, 1.82) is 0 Å². The fourth-order valence-corrected chi connectivity index (χ4v) is 4.79. The zero-order valence-corrected chi connectivity index (χ0v) is 20.4. The van der Waals surface area contributed by atoms with Crippen LogP contribution in [-0.4, -0.2) is 178 Å². The molecule has 0 bridgehead atoms. The van der Waals surface area contributed by atoms with Gasteiger partial charge in [0.05, 0.1) is 26.4 Å². The van der Waals surface area contributed by atoms with E-state index in [4.69, 9.17) is 37.9 Å². The highest BCUT2D eigenvalue weighted by Crippen LogP contribution is 2.33. The smallest absolute Gasteiger partial charge is 0.187 e. The molecule has 0 aromatic heterocycles. The van der Waals surface area contributed by atoms with Gasteiger partial charge in [-0.1, -0.05) is 0 Å². The van der Waals surface area contributed by atoms with Crippen LogP contribution in [-0.2, 0) is 37.9 Å². The van der Waals surface area contributed by atoms with Gasteiger partial charge in [-0.05, 0) is 0 Å². The largest absolute Gasteiger partial charge is 0.394 e. The number of ether oxygens (including phenoxy) is 8. The van der Waals surface area contributed by atoms with Gasteiger partial charge in [-0.2, -0.15) is 0 Å². The highest BCUT2D eigenvalue weighted by Gasteiger charge is 2.53. The third kappa shape index (κ3) is 5.85. The molecule has 0 saturated carbocycles. The van der Waals surface area contributed by atoms with Crippen molar-refractivity contribution in [3.8, 4) is 0 Å². The zero-order valence-electron chi connectivity index (χ0n) is 20.4. The van der Waals surface area contributed by atoms with E-state index in [0.29, 0.717) is 0 Å². The molecule has 4 heterocycles. The molecule has 222 valence electrons. The number of rotatable bonds is 11. The Morgan fingerprint density at radius 3 is 1.42 bits per heavy atom. The average molecular weight is 561 g/mol. The number of hydrogen-bond acceptors (Lipinski definition) is 17. The Kier molecular flexibility index (Phi) is 10.3. The predicted molar refractivity (Wildman–Crippen MR) is 115 cm³/mol. The van der Waals surface area contributed by atoms with Gasteiger partial charge in [0.15, 0.2) is 25.2 Å². The fourth-order valence-electron chi connectivity index (χ4n) is 4.79. The van der Waals surface area contributed by atoms with E-state index in [2.05, 4.69) is 0 Å². The van der Waals surface area contributed by atoms with E-state index >= 15 is 0 Å². The number of methoxy groups -OCH3 is 1. The molecule has 0 amide bonds. The minimum absolute atomic E-state index is 0.373. The lowest BCUT2D eigenvalue weighted by Gasteiger charge is -2.28. The van der Waals surface area contributed by atoms with Crippen LogP contribution < -0.4 is 0 Å². The molecule has 0 spiro atoms. The monoisotopic (exact) mass is 560 g/mol. The molecule has 0 aliphatic carbocycles. The van der Waals surface area contributed by atoms with Gasteiger partial charge in [0.2, 0.25) is 0 Å². The van der Waals surface area contributed by atoms with E-state index in [1.807, 2.05) is 0 Å². The maximum Gasteiger partial charge on any atom is 0.187 e. The molecule has 0 aromatic rings. The quantitative estimate of drug-likeness (QED) is 0.114. The molecule has 0 unspecified atom stereocenters. The van der Waals surface area contributed by atoms with Gasteiger partial charge >= 0.3 is 0 Å². The molecule has 16 atom stereocenters. The lowest BCUT2D eigenvalue weighted by Crippen LogP contribution is -2.46. The van der Waals surface area contributed by atoms with Crippen molar-refractivity contribution in [2.45, 2.75) is 98.4 Å². The van der Waals surface area contributed by atoms with E-state index < -0.39 is 118 Å². The van der Waals surface area contributed by atoms with Crippen LogP contribution in [0.3, 0.4) is 0 Å². The van der Waals surface area contributed by atoms with Crippen molar-refractivity contribution in [2.24, 2.45) is 0 Å². The van der Waals surface area contributed by atoms with E-state index in [1.165, 1.54) is 7.11 Å². The summed E-state index contributed by atoms with van der Waals surface area (Å²) < 4.78 is 43.8. The summed E-state index contributed by atoms with van der Waals surface area (Å²) in [7, 11) is 1.27. The van der Waals surface area contributed by atoms with Crippen molar-refractivity contribution in [1.82, 2.24) is 0 Å². The number of aliphatic hydroxyl groups is 9. The van der Waals surface area contributed by atoms with Crippen molar-refractivity contribution in [2.75, 3.05) is 33.5 Å². The third-order valence-corrected chi connectivity index (χ3v) is 7.00. The predicted octanol–water partition coefficient (Wildman–Crippen LogP) is -6.54. The fraction of sp³-hybridized carbons (Fsp3) is 1.00. The van der Waals surface area contributed by atoms with E-state index in [0.717, 1.165) is 0 Å². The first-order valence-corrected chi connectivity index (χ1v) is 12.1. The van der Waals surface area contributed by atoms with Crippen molar-refractivity contribution >= 4 is 0 Å². The van der Waals surface area contributed by atoms with Crippen LogP contribution >= 0.6 is 0 Å².